The van der Waals surface area contributed by atoms with Gasteiger partial charge in [-0.25, -0.2) is 0 Å². The molecule has 0 saturated carbocycles. The lowest BCUT2D eigenvalue weighted by molar-refractivity contribution is 0.668. The summed E-state index contributed by atoms with van der Waals surface area (Å²) in [5.74, 6) is 0. The third-order valence-corrected chi connectivity index (χ3v) is 7.33. The molecule has 8 rings (SSSR count). The molecule has 0 saturated heterocycles. The molecule has 5 aromatic carbocycles. The van der Waals surface area contributed by atoms with Crippen LogP contribution in [0.5, 0.6) is 0 Å². The van der Waals surface area contributed by atoms with Crippen LogP contribution in [0.4, 0.5) is 0 Å². The van der Waals surface area contributed by atoms with Crippen LogP contribution in [0.1, 0.15) is 0 Å². The predicted molar refractivity (Wildman–Crippen MR) is 142 cm³/mol. The van der Waals surface area contributed by atoms with Crippen LogP contribution in [0, 0.1) is 0 Å². The molecule has 0 radical (unpaired) electrons. The Labute approximate surface area is 195 Å². The largest absolute Gasteiger partial charge is 0.456 e. The molecule has 0 aliphatic heterocycles. The molecule has 0 bridgehead atoms. The summed E-state index contributed by atoms with van der Waals surface area (Å²) in [4.78, 5) is 0. The molecule has 0 atom stereocenters. The number of para-hydroxylation sites is 3. The molecular weight excluding hydrogens is 416 g/mol. The first-order valence-corrected chi connectivity index (χ1v) is 11.6. The topological polar surface area (TPSA) is 23.0 Å². The summed E-state index contributed by atoms with van der Waals surface area (Å²) in [5.41, 5.74) is 7.87. The van der Waals surface area contributed by atoms with Gasteiger partial charge in [-0.2, -0.15) is 0 Å². The van der Waals surface area contributed by atoms with Crippen LogP contribution in [0.2, 0.25) is 0 Å². The predicted octanol–water partition coefficient (Wildman–Crippen LogP) is 8.33. The van der Waals surface area contributed by atoms with Crippen LogP contribution >= 0.6 is 0 Å². The summed E-state index contributed by atoms with van der Waals surface area (Å²) in [6.45, 7) is 0. The Hall–Kier alpha value is -4.50. The molecule has 3 aromatic heterocycles. The number of hydrogen-bond acceptors (Lipinski definition) is 1. The van der Waals surface area contributed by atoms with Crippen molar-refractivity contribution < 1.29 is 4.42 Å². The smallest absolute Gasteiger partial charge is 0.137 e. The van der Waals surface area contributed by atoms with Crippen LogP contribution in [-0.4, -0.2) is 9.13 Å². The van der Waals surface area contributed by atoms with Crippen molar-refractivity contribution in [3.05, 3.63) is 103 Å². The number of benzene rings is 5. The van der Waals surface area contributed by atoms with Crippen molar-refractivity contribution in [2.24, 2.45) is 7.05 Å². The van der Waals surface area contributed by atoms with Crippen LogP contribution in [0.3, 0.4) is 0 Å². The molecule has 0 amide bonds. The maximum Gasteiger partial charge on any atom is 0.137 e. The minimum Gasteiger partial charge on any atom is -0.456 e. The van der Waals surface area contributed by atoms with Gasteiger partial charge in [-0.3, -0.25) is 0 Å². The van der Waals surface area contributed by atoms with E-state index >= 15 is 0 Å². The summed E-state index contributed by atoms with van der Waals surface area (Å²) in [7, 11) is 2.16. The normalized spacial score (nSPS) is 12.3. The van der Waals surface area contributed by atoms with Crippen molar-refractivity contribution in [3.63, 3.8) is 0 Å². The maximum atomic E-state index is 6.23. The van der Waals surface area contributed by atoms with Crippen molar-refractivity contribution in [2.45, 2.75) is 0 Å². The van der Waals surface area contributed by atoms with Gasteiger partial charge < -0.3 is 13.6 Å². The van der Waals surface area contributed by atoms with Gasteiger partial charge in [0, 0.05) is 62.2 Å². The summed E-state index contributed by atoms with van der Waals surface area (Å²) >= 11 is 0. The van der Waals surface area contributed by atoms with E-state index in [9.17, 15) is 0 Å². The lowest BCUT2D eigenvalue weighted by Crippen LogP contribution is -1.93. The Morgan fingerprint density at radius 3 is 1.97 bits per heavy atom. The number of hydrogen-bond donors (Lipinski definition) is 0. The molecular formula is C31H20N2O. The minimum absolute atomic E-state index is 0.913. The third kappa shape index (κ3) is 2.16. The number of nitrogens with zero attached hydrogens (tertiary/aromatic N) is 2. The highest BCUT2D eigenvalue weighted by Gasteiger charge is 2.19. The fourth-order valence-corrected chi connectivity index (χ4v) is 5.84. The second-order valence-electron chi connectivity index (χ2n) is 9.06. The third-order valence-electron chi connectivity index (χ3n) is 7.33. The molecule has 0 fully saturated rings. The first-order chi connectivity index (χ1) is 16.8. The van der Waals surface area contributed by atoms with Crippen molar-refractivity contribution in [2.75, 3.05) is 0 Å². The molecule has 0 N–H and O–H groups in total. The Bertz CT molecular complexity index is 2080. The first-order valence-electron chi connectivity index (χ1n) is 11.6. The number of aryl methyl sites for hydroxylation is 1. The Morgan fingerprint density at radius 2 is 1.12 bits per heavy atom. The fraction of sp³-hybridized carbons (Fsp3) is 0.0323. The van der Waals surface area contributed by atoms with E-state index in [1.54, 1.807) is 0 Å². The SMILES string of the molecule is Cn1c2ccccc2c2c3c4ccccc4n(-c4ccc5c(c4)oc4ccccc45)c3ccc21. The highest BCUT2D eigenvalue weighted by Crippen LogP contribution is 2.41. The van der Waals surface area contributed by atoms with Gasteiger partial charge in [0.1, 0.15) is 11.2 Å². The zero-order chi connectivity index (χ0) is 22.4. The highest BCUT2D eigenvalue weighted by atomic mass is 16.3. The van der Waals surface area contributed by atoms with Gasteiger partial charge in [-0.05, 0) is 42.5 Å². The van der Waals surface area contributed by atoms with Gasteiger partial charge in [0.25, 0.3) is 0 Å². The molecule has 0 aliphatic rings. The van der Waals surface area contributed by atoms with E-state index in [1.807, 2.05) is 12.1 Å². The number of furan rings is 1. The monoisotopic (exact) mass is 436 g/mol. The van der Waals surface area contributed by atoms with Gasteiger partial charge in [0.2, 0.25) is 0 Å². The Balaban J connectivity index is 1.54. The van der Waals surface area contributed by atoms with E-state index in [-0.39, 0.29) is 0 Å². The number of aromatic nitrogens is 2. The van der Waals surface area contributed by atoms with Gasteiger partial charge in [-0.15, -0.1) is 0 Å². The molecule has 0 spiro atoms. The Kier molecular flexibility index (Phi) is 3.33. The van der Waals surface area contributed by atoms with E-state index in [0.29, 0.717) is 0 Å². The van der Waals surface area contributed by atoms with Crippen molar-refractivity contribution in [1.29, 1.82) is 0 Å². The number of rotatable bonds is 1. The second-order valence-corrected chi connectivity index (χ2v) is 9.06. The summed E-state index contributed by atoms with van der Waals surface area (Å²) in [6.07, 6.45) is 0. The standard InChI is InChI=1S/C31H20N2O/c1-32-24-11-5-2-9-22(24)30-26(32)16-17-27-31(30)23-10-3-6-12-25(23)33(27)19-14-15-21-20-8-4-7-13-28(20)34-29(21)18-19/h2-18H,1H3. The number of fused-ring (bicyclic) bond motifs is 10. The van der Waals surface area contributed by atoms with E-state index in [4.69, 9.17) is 4.42 Å². The van der Waals surface area contributed by atoms with Crippen LogP contribution in [0.25, 0.3) is 71.2 Å². The molecule has 8 aromatic rings. The van der Waals surface area contributed by atoms with Crippen LogP contribution in [0.15, 0.2) is 108 Å². The molecule has 3 heteroatoms. The van der Waals surface area contributed by atoms with Gasteiger partial charge >= 0.3 is 0 Å². The Morgan fingerprint density at radius 1 is 0.500 bits per heavy atom. The molecule has 0 aliphatic carbocycles. The minimum atomic E-state index is 0.913. The van der Waals surface area contributed by atoms with Crippen molar-refractivity contribution in [3.8, 4) is 5.69 Å². The quantitative estimate of drug-likeness (QED) is 0.254. The van der Waals surface area contributed by atoms with Crippen LogP contribution in [-0.2, 0) is 7.05 Å². The molecule has 160 valence electrons. The van der Waals surface area contributed by atoms with Crippen LogP contribution < -0.4 is 0 Å². The summed E-state index contributed by atoms with van der Waals surface area (Å²) in [6, 6.07) is 36.8. The molecule has 0 unspecified atom stereocenters. The maximum absolute atomic E-state index is 6.23. The van der Waals surface area contributed by atoms with Crippen molar-refractivity contribution in [1.82, 2.24) is 9.13 Å². The summed E-state index contributed by atoms with van der Waals surface area (Å²) in [5, 5.41) is 7.48. The highest BCUT2D eigenvalue weighted by molar-refractivity contribution is 6.28. The average Bonchev–Trinajstić information content (AvgIpc) is 3.51. The lowest BCUT2D eigenvalue weighted by atomic mass is 10.1. The van der Waals surface area contributed by atoms with Gasteiger partial charge in [-0.1, -0.05) is 54.6 Å². The van der Waals surface area contributed by atoms with E-state index in [1.165, 1.54) is 43.6 Å². The van der Waals surface area contributed by atoms with E-state index in [2.05, 4.69) is 107 Å². The zero-order valence-corrected chi connectivity index (χ0v) is 18.6. The zero-order valence-electron chi connectivity index (χ0n) is 18.6. The lowest BCUT2D eigenvalue weighted by Gasteiger charge is -2.08. The summed E-state index contributed by atoms with van der Waals surface area (Å²) < 4.78 is 10.9. The fourth-order valence-electron chi connectivity index (χ4n) is 5.84. The second kappa shape index (κ2) is 6.30. The van der Waals surface area contributed by atoms with E-state index in [0.717, 1.165) is 27.6 Å². The van der Waals surface area contributed by atoms with E-state index < -0.39 is 0 Å². The first kappa shape index (κ1) is 18.0. The average molecular weight is 437 g/mol. The van der Waals surface area contributed by atoms with Crippen molar-refractivity contribution >= 4 is 65.6 Å². The molecule has 3 nitrogen and oxygen atoms in total. The van der Waals surface area contributed by atoms with Gasteiger partial charge in [0.15, 0.2) is 0 Å². The molecule has 34 heavy (non-hydrogen) atoms. The molecule has 3 heterocycles. The van der Waals surface area contributed by atoms with Gasteiger partial charge in [0.05, 0.1) is 11.0 Å².